The summed E-state index contributed by atoms with van der Waals surface area (Å²) in [5.41, 5.74) is 5.96. The van der Waals surface area contributed by atoms with Crippen LogP contribution in [0.25, 0.3) is 0 Å². The number of fused-ring (bicyclic) bond motifs is 1. The predicted octanol–water partition coefficient (Wildman–Crippen LogP) is 0.552. The highest BCUT2D eigenvalue weighted by Crippen LogP contribution is 2.30. The molecule has 0 bridgehead atoms. The second-order valence-corrected chi connectivity index (χ2v) is 4.75. The largest absolute Gasteiger partial charge is 0.481 e. The molecule has 1 heterocycles. The van der Waals surface area contributed by atoms with Crippen molar-refractivity contribution in [2.24, 2.45) is 10.1 Å². The van der Waals surface area contributed by atoms with Crippen LogP contribution < -0.4 is 15.2 Å². The number of carboxylic acids is 1. The Hall–Kier alpha value is -2.29. The van der Waals surface area contributed by atoms with E-state index in [1.54, 1.807) is 0 Å². The number of aliphatic carboxylic acids is 1. The maximum atomic E-state index is 11.3. The number of amidine groups is 1. The standard InChI is InChI=1S/C9H9N3O5S.C2H6/c10-9-8-5(11-18(15,16)12-9)2-1-3-6(8)17-4-7(13)14;1-2/h1-3,11H,4H2,(H2,10,12)(H,13,14);1-2H3. The van der Waals surface area contributed by atoms with Gasteiger partial charge in [0, 0.05) is 0 Å². The zero-order valence-corrected chi connectivity index (χ0v) is 11.8. The van der Waals surface area contributed by atoms with Crippen LogP contribution in [0, 0.1) is 0 Å². The second kappa shape index (κ2) is 6.24. The lowest BCUT2D eigenvalue weighted by atomic mass is 10.1. The molecule has 0 saturated carbocycles. The maximum absolute atomic E-state index is 11.3. The van der Waals surface area contributed by atoms with Gasteiger partial charge >= 0.3 is 16.2 Å². The summed E-state index contributed by atoms with van der Waals surface area (Å²) in [7, 11) is -3.85. The van der Waals surface area contributed by atoms with Gasteiger partial charge in [-0.25, -0.2) is 4.79 Å². The molecule has 0 aliphatic carbocycles. The van der Waals surface area contributed by atoms with Crippen LogP contribution in [0.15, 0.2) is 22.6 Å². The highest BCUT2D eigenvalue weighted by molar-refractivity contribution is 7.91. The van der Waals surface area contributed by atoms with E-state index in [0.717, 1.165) is 0 Å². The molecule has 1 aliphatic rings. The van der Waals surface area contributed by atoms with Gasteiger partial charge in [-0.05, 0) is 12.1 Å². The smallest absolute Gasteiger partial charge is 0.344 e. The average Bonchev–Trinajstić information content (AvgIpc) is 2.36. The number of ether oxygens (including phenoxy) is 1. The molecule has 4 N–H and O–H groups in total. The van der Waals surface area contributed by atoms with Crippen LogP contribution in [-0.2, 0) is 15.0 Å². The van der Waals surface area contributed by atoms with Crippen LogP contribution in [0.1, 0.15) is 19.4 Å². The minimum atomic E-state index is -3.85. The van der Waals surface area contributed by atoms with Crippen LogP contribution in [0.5, 0.6) is 5.75 Å². The van der Waals surface area contributed by atoms with Crippen LogP contribution in [0.3, 0.4) is 0 Å². The number of rotatable bonds is 3. The number of nitrogens with two attached hydrogens (primary N) is 1. The first kappa shape index (κ1) is 15.8. The first-order valence-corrected chi connectivity index (χ1v) is 7.19. The minimum absolute atomic E-state index is 0.151. The van der Waals surface area contributed by atoms with Crippen LogP contribution in [-0.4, -0.2) is 31.9 Å². The number of carboxylic acid groups (broad SMARTS) is 1. The summed E-state index contributed by atoms with van der Waals surface area (Å²) in [5, 5.41) is 8.53. The fourth-order valence-electron chi connectivity index (χ4n) is 1.48. The Kier molecular flexibility index (Phi) is 4.92. The molecule has 0 spiro atoms. The van der Waals surface area contributed by atoms with Crippen molar-refractivity contribution in [2.45, 2.75) is 13.8 Å². The summed E-state index contributed by atoms with van der Waals surface area (Å²) in [4.78, 5) is 10.4. The third kappa shape index (κ3) is 3.60. The molecule has 0 fully saturated rings. The van der Waals surface area contributed by atoms with Crippen molar-refractivity contribution in [2.75, 3.05) is 11.3 Å². The van der Waals surface area contributed by atoms with Crippen LogP contribution in [0.2, 0.25) is 0 Å². The zero-order valence-electron chi connectivity index (χ0n) is 11.0. The Bertz CT molecular complexity index is 639. The van der Waals surface area contributed by atoms with E-state index in [4.69, 9.17) is 15.6 Å². The van der Waals surface area contributed by atoms with Crippen molar-refractivity contribution in [3.63, 3.8) is 0 Å². The van der Waals surface area contributed by atoms with Crippen molar-refractivity contribution in [3.8, 4) is 5.75 Å². The number of hydrogen-bond acceptors (Lipinski definition) is 5. The number of carbonyl (C=O) groups is 1. The van der Waals surface area contributed by atoms with Crippen molar-refractivity contribution in [1.82, 2.24) is 0 Å². The third-order valence-corrected chi connectivity index (χ3v) is 3.01. The average molecular weight is 301 g/mol. The molecule has 0 radical (unpaired) electrons. The lowest BCUT2D eigenvalue weighted by Gasteiger charge is -2.18. The Morgan fingerprint density at radius 3 is 2.70 bits per heavy atom. The number of nitrogens with one attached hydrogen (secondary N) is 1. The normalized spacial score (nSPS) is 14.8. The molecule has 1 aromatic carbocycles. The lowest BCUT2D eigenvalue weighted by molar-refractivity contribution is -0.139. The van der Waals surface area contributed by atoms with Gasteiger partial charge < -0.3 is 15.6 Å². The van der Waals surface area contributed by atoms with E-state index in [9.17, 15) is 13.2 Å². The summed E-state index contributed by atoms with van der Waals surface area (Å²) in [5.74, 6) is -1.25. The number of nitrogens with zero attached hydrogens (tertiary/aromatic N) is 1. The van der Waals surface area contributed by atoms with E-state index >= 15 is 0 Å². The summed E-state index contributed by atoms with van der Waals surface area (Å²) in [6.45, 7) is 3.44. The molecular weight excluding hydrogens is 286 g/mol. The van der Waals surface area contributed by atoms with Gasteiger partial charge in [0.15, 0.2) is 12.4 Å². The molecule has 20 heavy (non-hydrogen) atoms. The molecule has 0 aromatic heterocycles. The van der Waals surface area contributed by atoms with E-state index in [1.807, 2.05) is 13.8 Å². The molecule has 0 saturated heterocycles. The van der Waals surface area contributed by atoms with Gasteiger partial charge in [-0.1, -0.05) is 19.9 Å². The van der Waals surface area contributed by atoms with Gasteiger partial charge in [-0.2, -0.15) is 8.42 Å². The van der Waals surface area contributed by atoms with Crippen molar-refractivity contribution in [3.05, 3.63) is 23.8 Å². The van der Waals surface area contributed by atoms with Gasteiger partial charge in [0.1, 0.15) is 5.75 Å². The Labute approximate surface area is 116 Å². The fourth-order valence-corrected chi connectivity index (χ4v) is 2.32. The van der Waals surface area contributed by atoms with Crippen molar-refractivity contribution >= 4 is 27.7 Å². The van der Waals surface area contributed by atoms with E-state index < -0.39 is 22.8 Å². The van der Waals surface area contributed by atoms with E-state index in [2.05, 4.69) is 9.12 Å². The Morgan fingerprint density at radius 2 is 2.10 bits per heavy atom. The summed E-state index contributed by atoms with van der Waals surface area (Å²) in [6, 6.07) is 4.46. The molecule has 8 nitrogen and oxygen atoms in total. The maximum Gasteiger partial charge on any atom is 0.344 e. The van der Waals surface area contributed by atoms with Gasteiger partial charge in [0.2, 0.25) is 0 Å². The summed E-state index contributed by atoms with van der Waals surface area (Å²) in [6.07, 6.45) is 0. The van der Waals surface area contributed by atoms with Crippen molar-refractivity contribution < 1.29 is 23.1 Å². The van der Waals surface area contributed by atoms with E-state index in [0.29, 0.717) is 0 Å². The Morgan fingerprint density at radius 1 is 1.45 bits per heavy atom. The molecule has 1 aliphatic heterocycles. The fraction of sp³-hybridized carbons (Fsp3) is 0.273. The third-order valence-electron chi connectivity index (χ3n) is 2.09. The molecule has 0 unspecified atom stereocenters. The molecule has 0 amide bonds. The molecule has 1 aromatic rings. The second-order valence-electron chi connectivity index (χ2n) is 3.41. The molecule has 0 atom stereocenters. The Balaban J connectivity index is 0.000000956. The first-order chi connectivity index (χ1) is 9.39. The highest BCUT2D eigenvalue weighted by atomic mass is 32.2. The van der Waals surface area contributed by atoms with Crippen molar-refractivity contribution in [1.29, 1.82) is 0 Å². The van der Waals surface area contributed by atoms with Gasteiger partial charge in [0.05, 0.1) is 11.3 Å². The highest BCUT2D eigenvalue weighted by Gasteiger charge is 2.24. The minimum Gasteiger partial charge on any atom is -0.481 e. The topological polar surface area (TPSA) is 131 Å². The number of hydrogen-bond donors (Lipinski definition) is 3. The zero-order chi connectivity index (χ0) is 15.3. The van der Waals surface area contributed by atoms with Gasteiger partial charge in [-0.3, -0.25) is 4.72 Å². The van der Waals surface area contributed by atoms with Crippen LogP contribution >= 0.6 is 0 Å². The quantitative estimate of drug-likeness (QED) is 0.747. The monoisotopic (exact) mass is 301 g/mol. The first-order valence-electron chi connectivity index (χ1n) is 5.75. The molecule has 2 rings (SSSR count). The predicted molar refractivity (Wildman–Crippen MR) is 74.2 cm³/mol. The molecule has 9 heteroatoms. The summed E-state index contributed by atoms with van der Waals surface area (Å²) < 4.78 is 33.0. The molecular formula is C11H15N3O5S. The SMILES string of the molecule is CC.NC1=NS(=O)(=O)Nc2cccc(OCC(=O)O)c21. The summed E-state index contributed by atoms with van der Waals surface area (Å²) >= 11 is 0. The number of benzene rings is 1. The van der Waals surface area contributed by atoms with Gasteiger partial charge in [-0.15, -0.1) is 4.40 Å². The van der Waals surface area contributed by atoms with Gasteiger partial charge in [0.25, 0.3) is 0 Å². The molecule has 110 valence electrons. The van der Waals surface area contributed by atoms with E-state index in [-0.39, 0.29) is 22.8 Å². The number of anilines is 1. The van der Waals surface area contributed by atoms with E-state index in [1.165, 1.54) is 18.2 Å². The lowest BCUT2D eigenvalue weighted by Crippen LogP contribution is -2.27. The van der Waals surface area contributed by atoms with Crippen LogP contribution in [0.4, 0.5) is 5.69 Å².